The van der Waals surface area contributed by atoms with Gasteiger partial charge in [0.15, 0.2) is 0 Å². The van der Waals surface area contributed by atoms with Gasteiger partial charge in [0.2, 0.25) is 0 Å². The molecule has 4 heteroatoms. The van der Waals surface area contributed by atoms with Crippen LogP contribution in [0.4, 0.5) is 0 Å². The van der Waals surface area contributed by atoms with Crippen molar-refractivity contribution in [3.63, 3.8) is 0 Å². The molecule has 0 fully saturated rings. The van der Waals surface area contributed by atoms with Gasteiger partial charge in [0.05, 0.1) is 6.04 Å². The molecule has 1 unspecified atom stereocenters. The van der Waals surface area contributed by atoms with Crippen LogP contribution in [0.15, 0.2) is 15.9 Å². The molecule has 1 aromatic heterocycles. The Bertz CT molecular complexity index is 337. The van der Waals surface area contributed by atoms with E-state index < -0.39 is 0 Å². The van der Waals surface area contributed by atoms with Gasteiger partial charge in [-0.2, -0.15) is 0 Å². The van der Waals surface area contributed by atoms with Crippen LogP contribution in [0.25, 0.3) is 0 Å². The van der Waals surface area contributed by atoms with E-state index in [-0.39, 0.29) is 6.04 Å². The molecule has 0 saturated carbocycles. The Balaban J connectivity index is 2.61. The summed E-state index contributed by atoms with van der Waals surface area (Å²) >= 11 is 5.20. The highest BCUT2D eigenvalue weighted by Crippen LogP contribution is 2.30. The molecule has 14 heavy (non-hydrogen) atoms. The normalized spacial score (nSPS) is 11.9. The van der Waals surface area contributed by atoms with E-state index in [0.29, 0.717) is 0 Å². The van der Waals surface area contributed by atoms with E-state index in [1.807, 2.05) is 13.0 Å². The predicted molar refractivity (Wildman–Crippen MR) is 64.8 cm³/mol. The highest BCUT2D eigenvalue weighted by atomic mass is 79.9. The van der Waals surface area contributed by atoms with Crippen molar-refractivity contribution >= 4 is 27.3 Å². The molecule has 0 aromatic carbocycles. The van der Waals surface area contributed by atoms with Gasteiger partial charge in [-0.25, -0.2) is 0 Å². The highest BCUT2D eigenvalue weighted by molar-refractivity contribution is 9.10. The monoisotopic (exact) mass is 272 g/mol. The topological polar surface area (TPSA) is 38.0 Å². The molecule has 0 aliphatic rings. The number of halogens is 1. The SMILES string of the molecule is CC#CCCC(NN)c1sccc1Br. The first-order valence-corrected chi connectivity index (χ1v) is 6.05. The van der Waals surface area contributed by atoms with Crippen molar-refractivity contribution in [2.45, 2.75) is 25.8 Å². The quantitative estimate of drug-likeness (QED) is 0.503. The maximum atomic E-state index is 5.50. The summed E-state index contributed by atoms with van der Waals surface area (Å²) in [5, 5.41) is 2.05. The molecule has 0 spiro atoms. The van der Waals surface area contributed by atoms with E-state index >= 15 is 0 Å². The number of nitrogens with two attached hydrogens (primary N) is 1. The van der Waals surface area contributed by atoms with Gasteiger partial charge in [0, 0.05) is 15.8 Å². The summed E-state index contributed by atoms with van der Waals surface area (Å²) in [6, 6.07) is 2.24. The summed E-state index contributed by atoms with van der Waals surface area (Å²) in [6.07, 6.45) is 1.81. The lowest BCUT2D eigenvalue weighted by Crippen LogP contribution is -2.27. The van der Waals surface area contributed by atoms with E-state index in [9.17, 15) is 0 Å². The maximum Gasteiger partial charge on any atom is 0.0573 e. The summed E-state index contributed by atoms with van der Waals surface area (Å²) in [4.78, 5) is 1.24. The second-order valence-electron chi connectivity index (χ2n) is 2.82. The van der Waals surface area contributed by atoms with Gasteiger partial charge in [-0.15, -0.1) is 23.2 Å². The molecule has 0 amide bonds. The lowest BCUT2D eigenvalue weighted by atomic mass is 10.1. The van der Waals surface area contributed by atoms with Crippen LogP contribution in [-0.2, 0) is 0 Å². The zero-order chi connectivity index (χ0) is 10.4. The molecule has 0 saturated heterocycles. The molecule has 1 aromatic rings. The third kappa shape index (κ3) is 3.10. The Morgan fingerprint density at radius 3 is 3.00 bits per heavy atom. The van der Waals surface area contributed by atoms with Crippen molar-refractivity contribution in [1.82, 2.24) is 5.43 Å². The number of hydrogen-bond acceptors (Lipinski definition) is 3. The first kappa shape index (κ1) is 11.7. The fraction of sp³-hybridized carbons (Fsp3) is 0.400. The second kappa shape index (κ2) is 6.20. The zero-order valence-electron chi connectivity index (χ0n) is 8.01. The van der Waals surface area contributed by atoms with E-state index in [4.69, 9.17) is 5.84 Å². The zero-order valence-corrected chi connectivity index (χ0v) is 10.4. The first-order valence-electron chi connectivity index (χ1n) is 4.38. The van der Waals surface area contributed by atoms with E-state index in [1.165, 1.54) is 4.88 Å². The predicted octanol–water partition coefficient (Wildman–Crippen LogP) is 2.82. The van der Waals surface area contributed by atoms with Gasteiger partial charge in [-0.05, 0) is 40.7 Å². The van der Waals surface area contributed by atoms with Crippen LogP contribution in [0.3, 0.4) is 0 Å². The smallest absolute Gasteiger partial charge is 0.0573 e. The van der Waals surface area contributed by atoms with Gasteiger partial charge >= 0.3 is 0 Å². The molecule has 2 nitrogen and oxygen atoms in total. The minimum Gasteiger partial charge on any atom is -0.271 e. The van der Waals surface area contributed by atoms with E-state index in [2.05, 4.69) is 38.6 Å². The molecule has 3 N–H and O–H groups in total. The highest BCUT2D eigenvalue weighted by Gasteiger charge is 2.13. The molecular weight excluding hydrogens is 260 g/mol. The Labute approximate surface area is 97.0 Å². The fourth-order valence-electron chi connectivity index (χ4n) is 1.19. The third-order valence-corrected chi connectivity index (χ3v) is 3.88. The third-order valence-electron chi connectivity index (χ3n) is 1.90. The molecule has 76 valence electrons. The Morgan fingerprint density at radius 1 is 1.71 bits per heavy atom. The second-order valence-corrected chi connectivity index (χ2v) is 4.62. The van der Waals surface area contributed by atoms with Crippen LogP contribution in [0.5, 0.6) is 0 Å². The largest absolute Gasteiger partial charge is 0.271 e. The van der Waals surface area contributed by atoms with Crippen molar-refractivity contribution in [2.75, 3.05) is 0 Å². The Morgan fingerprint density at radius 2 is 2.50 bits per heavy atom. The summed E-state index contributed by atoms with van der Waals surface area (Å²) in [7, 11) is 0. The first-order chi connectivity index (χ1) is 6.79. The van der Waals surface area contributed by atoms with Gasteiger partial charge in [-0.3, -0.25) is 11.3 Å². The van der Waals surface area contributed by atoms with Gasteiger partial charge in [0.1, 0.15) is 0 Å². The molecule has 0 aliphatic carbocycles. The molecule has 0 aliphatic heterocycles. The molecule has 1 heterocycles. The van der Waals surface area contributed by atoms with Crippen molar-refractivity contribution in [1.29, 1.82) is 0 Å². The van der Waals surface area contributed by atoms with Crippen LogP contribution in [0.1, 0.15) is 30.7 Å². The Kier molecular flexibility index (Phi) is 5.20. The van der Waals surface area contributed by atoms with E-state index in [0.717, 1.165) is 17.3 Å². The molecule has 0 bridgehead atoms. The number of hydrazine groups is 1. The van der Waals surface area contributed by atoms with Crippen molar-refractivity contribution in [2.24, 2.45) is 5.84 Å². The minimum absolute atomic E-state index is 0.199. The van der Waals surface area contributed by atoms with Crippen molar-refractivity contribution < 1.29 is 0 Å². The summed E-state index contributed by atoms with van der Waals surface area (Å²) in [6.45, 7) is 1.85. The average molecular weight is 273 g/mol. The van der Waals surface area contributed by atoms with Gasteiger partial charge in [-0.1, -0.05) is 0 Å². The van der Waals surface area contributed by atoms with Gasteiger partial charge in [0.25, 0.3) is 0 Å². The van der Waals surface area contributed by atoms with Crippen LogP contribution in [0.2, 0.25) is 0 Å². The lowest BCUT2D eigenvalue weighted by Gasteiger charge is -2.13. The minimum atomic E-state index is 0.199. The van der Waals surface area contributed by atoms with Crippen LogP contribution in [0, 0.1) is 11.8 Å². The molecule has 1 rings (SSSR count). The van der Waals surface area contributed by atoms with Crippen molar-refractivity contribution in [3.8, 4) is 11.8 Å². The maximum absolute atomic E-state index is 5.50. The number of hydrogen-bond donors (Lipinski definition) is 2. The summed E-state index contributed by atoms with van der Waals surface area (Å²) in [5.41, 5.74) is 2.82. The van der Waals surface area contributed by atoms with Crippen LogP contribution >= 0.6 is 27.3 Å². The molecular formula is C10H13BrN2S. The average Bonchev–Trinajstić information content (AvgIpc) is 2.60. The van der Waals surface area contributed by atoms with Crippen LogP contribution < -0.4 is 11.3 Å². The van der Waals surface area contributed by atoms with E-state index in [1.54, 1.807) is 11.3 Å². The number of rotatable bonds is 4. The summed E-state index contributed by atoms with van der Waals surface area (Å²) < 4.78 is 1.12. The molecule has 0 radical (unpaired) electrons. The number of nitrogens with one attached hydrogen (secondary N) is 1. The number of thiophene rings is 1. The standard InChI is InChI=1S/C10H13BrN2S/c1-2-3-4-5-9(13-12)10-8(11)6-7-14-10/h6-7,9,13H,4-5,12H2,1H3. The van der Waals surface area contributed by atoms with Gasteiger partial charge < -0.3 is 0 Å². The van der Waals surface area contributed by atoms with Crippen LogP contribution in [-0.4, -0.2) is 0 Å². The lowest BCUT2D eigenvalue weighted by molar-refractivity contribution is 0.530. The summed E-state index contributed by atoms with van der Waals surface area (Å²) in [5.74, 6) is 11.4. The van der Waals surface area contributed by atoms with Crippen molar-refractivity contribution in [3.05, 3.63) is 20.8 Å². The fourth-order valence-corrected chi connectivity index (χ4v) is 2.93. The Hall–Kier alpha value is -0.340. The molecule has 1 atom stereocenters.